The summed E-state index contributed by atoms with van der Waals surface area (Å²) in [6.45, 7) is 0. The van der Waals surface area contributed by atoms with Gasteiger partial charge in [0.05, 0.1) is 0 Å². The maximum Gasteiger partial charge on any atom is 0.344 e. The molecule has 0 aromatic carbocycles. The number of anilines is 1. The lowest BCUT2D eigenvalue weighted by Gasteiger charge is -2.05. The molecule has 0 unspecified atom stereocenters. The molecule has 0 spiro atoms. The van der Waals surface area contributed by atoms with Crippen LogP contribution < -0.4 is 10.8 Å². The van der Waals surface area contributed by atoms with Crippen LogP contribution in [-0.4, -0.2) is 15.6 Å². The zero-order valence-corrected chi connectivity index (χ0v) is 5.71. The predicted molar refractivity (Wildman–Crippen MR) is 36.0 cm³/mol. The summed E-state index contributed by atoms with van der Waals surface area (Å²) in [6.07, 6.45) is 0. The van der Waals surface area contributed by atoms with E-state index in [4.69, 9.17) is 10.9 Å². The summed E-state index contributed by atoms with van der Waals surface area (Å²) in [5.74, 6) is 0.150. The van der Waals surface area contributed by atoms with E-state index < -0.39 is 6.03 Å². The predicted octanol–water partition coefficient (Wildman–Crippen LogP) is 0.417. The van der Waals surface area contributed by atoms with Crippen LogP contribution in [0.25, 0.3) is 0 Å². The van der Waals surface area contributed by atoms with Crippen molar-refractivity contribution in [2.24, 2.45) is 5.73 Å². The summed E-state index contributed by atoms with van der Waals surface area (Å²) in [7, 11) is 0. The Kier molecular flexibility index (Phi) is 1.83. The van der Waals surface area contributed by atoms with Crippen LogP contribution in [0.3, 0.4) is 0 Å². The maximum atomic E-state index is 10.3. The Balaban J connectivity index is 2.77. The SMILES string of the molecule is NC(=O)N(O)c1ccsn1. The molecule has 10 heavy (non-hydrogen) atoms. The number of amides is 2. The number of hydrogen-bond acceptors (Lipinski definition) is 4. The van der Waals surface area contributed by atoms with Crippen molar-refractivity contribution in [2.45, 2.75) is 0 Å². The van der Waals surface area contributed by atoms with Gasteiger partial charge < -0.3 is 5.73 Å². The number of aromatic nitrogens is 1. The first-order valence-corrected chi connectivity index (χ1v) is 3.24. The first-order chi connectivity index (χ1) is 4.72. The molecule has 6 heteroatoms. The smallest absolute Gasteiger partial charge is 0.344 e. The summed E-state index contributed by atoms with van der Waals surface area (Å²) in [5.41, 5.74) is 4.73. The Morgan fingerprint density at radius 2 is 2.60 bits per heavy atom. The fourth-order valence-electron chi connectivity index (χ4n) is 0.428. The molecule has 0 aliphatic heterocycles. The Morgan fingerprint density at radius 1 is 1.90 bits per heavy atom. The quantitative estimate of drug-likeness (QED) is 0.460. The summed E-state index contributed by atoms with van der Waals surface area (Å²) in [4.78, 5) is 10.3. The molecule has 0 aliphatic carbocycles. The molecule has 5 nitrogen and oxygen atoms in total. The van der Waals surface area contributed by atoms with Gasteiger partial charge in [-0.25, -0.2) is 4.79 Å². The van der Waals surface area contributed by atoms with Gasteiger partial charge in [-0.05, 0) is 17.6 Å². The molecule has 2 amide bonds. The van der Waals surface area contributed by atoms with Crippen molar-refractivity contribution in [2.75, 3.05) is 5.06 Å². The highest BCUT2D eigenvalue weighted by molar-refractivity contribution is 7.03. The molecule has 0 aliphatic rings. The summed E-state index contributed by atoms with van der Waals surface area (Å²) in [6, 6.07) is 0.543. The number of rotatable bonds is 1. The number of urea groups is 1. The van der Waals surface area contributed by atoms with Crippen LogP contribution in [0.2, 0.25) is 0 Å². The second-order valence-corrected chi connectivity index (χ2v) is 2.17. The van der Waals surface area contributed by atoms with Crippen molar-refractivity contribution in [3.63, 3.8) is 0 Å². The Bertz CT molecular complexity index is 222. The van der Waals surface area contributed by atoms with Crippen LogP contribution in [0.4, 0.5) is 10.6 Å². The highest BCUT2D eigenvalue weighted by atomic mass is 32.1. The van der Waals surface area contributed by atoms with Crippen LogP contribution in [0.5, 0.6) is 0 Å². The van der Waals surface area contributed by atoms with E-state index in [1.165, 1.54) is 6.07 Å². The Morgan fingerprint density at radius 3 is 3.00 bits per heavy atom. The van der Waals surface area contributed by atoms with Crippen molar-refractivity contribution in [1.82, 2.24) is 4.37 Å². The third-order valence-corrected chi connectivity index (χ3v) is 1.40. The zero-order valence-electron chi connectivity index (χ0n) is 4.89. The van der Waals surface area contributed by atoms with Crippen LogP contribution >= 0.6 is 11.5 Å². The second-order valence-electron chi connectivity index (χ2n) is 1.51. The first-order valence-electron chi connectivity index (χ1n) is 2.40. The summed E-state index contributed by atoms with van der Waals surface area (Å²) >= 11 is 1.13. The highest BCUT2D eigenvalue weighted by Crippen LogP contribution is 2.09. The number of hydroxylamine groups is 1. The van der Waals surface area contributed by atoms with E-state index in [0.29, 0.717) is 0 Å². The molecule has 1 rings (SSSR count). The van der Waals surface area contributed by atoms with Gasteiger partial charge in [0.2, 0.25) is 0 Å². The number of hydrogen-bond donors (Lipinski definition) is 2. The Hall–Kier alpha value is -1.14. The van der Waals surface area contributed by atoms with E-state index in [0.717, 1.165) is 11.5 Å². The van der Waals surface area contributed by atoms with Crippen molar-refractivity contribution >= 4 is 23.4 Å². The standard InChI is InChI=1S/C4H5N3O2S/c5-4(8)7(9)3-1-2-10-6-3/h1-2,9H,(H2,5,8). The Labute approximate surface area is 60.8 Å². The van der Waals surface area contributed by atoms with Gasteiger partial charge in [0.1, 0.15) is 0 Å². The van der Waals surface area contributed by atoms with Crippen LogP contribution in [-0.2, 0) is 0 Å². The van der Waals surface area contributed by atoms with Crippen molar-refractivity contribution in [3.8, 4) is 0 Å². The molecule has 0 saturated carbocycles. The largest absolute Gasteiger partial charge is 0.349 e. The molecule has 0 radical (unpaired) electrons. The normalized spacial score (nSPS) is 9.30. The molecule has 1 aromatic heterocycles. The molecule has 1 heterocycles. The molecule has 54 valence electrons. The minimum Gasteiger partial charge on any atom is -0.349 e. The van der Waals surface area contributed by atoms with E-state index in [1.54, 1.807) is 5.38 Å². The molecular weight excluding hydrogens is 154 g/mol. The minimum atomic E-state index is -0.939. The molecule has 3 N–H and O–H groups in total. The van der Waals surface area contributed by atoms with Crippen LogP contribution in [0.1, 0.15) is 0 Å². The van der Waals surface area contributed by atoms with E-state index in [9.17, 15) is 4.79 Å². The maximum absolute atomic E-state index is 10.3. The monoisotopic (exact) mass is 159 g/mol. The molecule has 0 atom stereocenters. The lowest BCUT2D eigenvalue weighted by Crippen LogP contribution is -2.32. The third kappa shape index (κ3) is 1.23. The third-order valence-electron chi connectivity index (χ3n) is 0.850. The van der Waals surface area contributed by atoms with E-state index >= 15 is 0 Å². The summed E-state index contributed by atoms with van der Waals surface area (Å²) < 4.78 is 3.65. The molecule has 0 bridgehead atoms. The molecule has 0 fully saturated rings. The average molecular weight is 159 g/mol. The number of nitrogens with zero attached hydrogens (tertiary/aromatic N) is 2. The fourth-order valence-corrected chi connectivity index (χ4v) is 0.918. The highest BCUT2D eigenvalue weighted by Gasteiger charge is 2.09. The van der Waals surface area contributed by atoms with Crippen molar-refractivity contribution < 1.29 is 10.0 Å². The van der Waals surface area contributed by atoms with Crippen LogP contribution in [0.15, 0.2) is 11.4 Å². The number of nitrogens with two attached hydrogens (primary N) is 1. The van der Waals surface area contributed by atoms with Gasteiger partial charge in [0, 0.05) is 5.38 Å². The zero-order chi connectivity index (χ0) is 7.56. The van der Waals surface area contributed by atoms with Crippen LogP contribution in [0, 0.1) is 0 Å². The van der Waals surface area contributed by atoms with Gasteiger partial charge in [-0.3, -0.25) is 5.21 Å². The van der Waals surface area contributed by atoms with Gasteiger partial charge in [-0.1, -0.05) is 0 Å². The van der Waals surface area contributed by atoms with Gasteiger partial charge in [0.25, 0.3) is 0 Å². The molecule has 1 aromatic rings. The molecular formula is C4H5N3O2S. The molecule has 0 saturated heterocycles. The fraction of sp³-hybridized carbons (Fsp3) is 0. The van der Waals surface area contributed by atoms with E-state index in [2.05, 4.69) is 4.37 Å². The second kappa shape index (κ2) is 2.63. The number of carbonyl (C=O) groups is 1. The van der Waals surface area contributed by atoms with E-state index in [-0.39, 0.29) is 10.9 Å². The topological polar surface area (TPSA) is 79.5 Å². The summed E-state index contributed by atoms with van der Waals surface area (Å²) in [5, 5.41) is 10.7. The van der Waals surface area contributed by atoms with Gasteiger partial charge >= 0.3 is 6.03 Å². The lowest BCUT2D eigenvalue weighted by atomic mass is 10.6. The van der Waals surface area contributed by atoms with Gasteiger partial charge in [0.15, 0.2) is 5.82 Å². The number of primary amides is 1. The minimum absolute atomic E-state index is 0.150. The van der Waals surface area contributed by atoms with Gasteiger partial charge in [-0.2, -0.15) is 9.44 Å². The lowest BCUT2D eigenvalue weighted by molar-refractivity contribution is 0.211. The van der Waals surface area contributed by atoms with Gasteiger partial charge in [-0.15, -0.1) is 0 Å². The number of carbonyl (C=O) groups excluding carboxylic acids is 1. The van der Waals surface area contributed by atoms with Crippen molar-refractivity contribution in [3.05, 3.63) is 11.4 Å². The average Bonchev–Trinajstić information content (AvgIpc) is 2.36. The van der Waals surface area contributed by atoms with E-state index in [1.807, 2.05) is 0 Å². The van der Waals surface area contributed by atoms with Crippen molar-refractivity contribution in [1.29, 1.82) is 0 Å². The first kappa shape index (κ1) is 6.97.